The van der Waals surface area contributed by atoms with E-state index in [1.807, 2.05) is 32.9 Å². The Balaban J connectivity index is 2.05. The summed E-state index contributed by atoms with van der Waals surface area (Å²) in [5.41, 5.74) is 1.54. The van der Waals surface area contributed by atoms with E-state index in [4.69, 9.17) is 0 Å². The van der Waals surface area contributed by atoms with Gasteiger partial charge in [-0.25, -0.2) is 0 Å². The van der Waals surface area contributed by atoms with Crippen molar-refractivity contribution in [2.45, 2.75) is 47.1 Å². The molecule has 0 fully saturated rings. The van der Waals surface area contributed by atoms with Crippen molar-refractivity contribution < 1.29 is 9.59 Å². The van der Waals surface area contributed by atoms with Crippen LogP contribution in [0.3, 0.4) is 0 Å². The fourth-order valence-corrected chi connectivity index (χ4v) is 3.42. The van der Waals surface area contributed by atoms with E-state index in [0.29, 0.717) is 16.6 Å². The van der Waals surface area contributed by atoms with Crippen molar-refractivity contribution in [2.75, 3.05) is 5.32 Å². The minimum absolute atomic E-state index is 0.0631. The molecule has 0 aliphatic rings. The quantitative estimate of drug-likeness (QED) is 0.777. The molecule has 0 aliphatic carbocycles. The monoisotopic (exact) mass is 374 g/mol. The molecule has 0 radical (unpaired) electrons. The van der Waals surface area contributed by atoms with Gasteiger partial charge in [0.25, 0.3) is 5.91 Å². The lowest BCUT2D eigenvalue weighted by molar-refractivity contribution is -0.118. The Hall–Kier alpha value is -2.28. The van der Waals surface area contributed by atoms with Crippen LogP contribution in [-0.2, 0) is 11.2 Å². The first-order chi connectivity index (χ1) is 12.3. The Labute approximate surface area is 158 Å². The molecule has 1 aromatic carbocycles. The third-order valence-electron chi connectivity index (χ3n) is 3.80. The smallest absolute Gasteiger partial charge is 0.251 e. The molecular weight excluding hydrogens is 348 g/mol. The van der Waals surface area contributed by atoms with E-state index in [9.17, 15) is 9.59 Å². The molecule has 0 bridgehead atoms. The van der Waals surface area contributed by atoms with Crippen LogP contribution in [0.2, 0.25) is 0 Å². The van der Waals surface area contributed by atoms with Gasteiger partial charge in [-0.3, -0.25) is 14.9 Å². The van der Waals surface area contributed by atoms with Crippen LogP contribution in [0.4, 0.5) is 5.13 Å². The highest BCUT2D eigenvalue weighted by molar-refractivity contribution is 7.15. The molecule has 2 aromatic rings. The maximum Gasteiger partial charge on any atom is 0.251 e. The number of carbonyl (C=O) groups excluding carboxylic acids is 2. The van der Waals surface area contributed by atoms with Gasteiger partial charge in [0.15, 0.2) is 0 Å². The first-order valence-electron chi connectivity index (χ1n) is 8.77. The Bertz CT molecular complexity index is 770. The van der Waals surface area contributed by atoms with Gasteiger partial charge in [0.1, 0.15) is 11.0 Å². The highest BCUT2D eigenvalue weighted by atomic mass is 32.1. The Kier molecular flexibility index (Phi) is 6.85. The summed E-state index contributed by atoms with van der Waals surface area (Å²) in [6, 6.07) is 6.63. The highest BCUT2D eigenvalue weighted by Gasteiger charge is 2.25. The van der Waals surface area contributed by atoms with E-state index >= 15 is 0 Å². The second-order valence-electron chi connectivity index (χ2n) is 7.15. The van der Waals surface area contributed by atoms with Crippen molar-refractivity contribution in [1.82, 2.24) is 15.5 Å². The molecule has 0 aliphatic heterocycles. The zero-order chi connectivity index (χ0) is 19.3. The summed E-state index contributed by atoms with van der Waals surface area (Å²) in [7, 11) is 0. The number of aryl methyl sites for hydroxylation is 1. The lowest BCUT2D eigenvalue weighted by Crippen LogP contribution is -2.47. The third-order valence-corrected chi connectivity index (χ3v) is 4.66. The SMILES string of the molecule is Cc1cccc(C(=O)N[C@H](C(=O)Nc2nnc(CC(C)C)s2)C(C)C)c1. The molecule has 1 heterocycles. The van der Waals surface area contributed by atoms with Crippen LogP contribution in [0.15, 0.2) is 24.3 Å². The van der Waals surface area contributed by atoms with Crippen molar-refractivity contribution in [3.63, 3.8) is 0 Å². The number of aromatic nitrogens is 2. The summed E-state index contributed by atoms with van der Waals surface area (Å²) >= 11 is 1.37. The Morgan fingerprint density at radius 1 is 1.15 bits per heavy atom. The summed E-state index contributed by atoms with van der Waals surface area (Å²) < 4.78 is 0. The number of rotatable bonds is 7. The molecule has 0 unspecified atom stereocenters. The maximum atomic E-state index is 12.6. The van der Waals surface area contributed by atoms with Crippen LogP contribution >= 0.6 is 11.3 Å². The molecular formula is C19H26N4O2S. The molecule has 0 saturated carbocycles. The van der Waals surface area contributed by atoms with Gasteiger partial charge in [-0.05, 0) is 30.9 Å². The number of hydrogen-bond donors (Lipinski definition) is 2. The van der Waals surface area contributed by atoms with Crippen LogP contribution in [0.1, 0.15) is 48.6 Å². The fraction of sp³-hybridized carbons (Fsp3) is 0.474. The highest BCUT2D eigenvalue weighted by Crippen LogP contribution is 2.19. The molecule has 7 heteroatoms. The van der Waals surface area contributed by atoms with Crippen LogP contribution in [0, 0.1) is 18.8 Å². The number of hydrogen-bond acceptors (Lipinski definition) is 5. The van der Waals surface area contributed by atoms with Gasteiger partial charge in [0.2, 0.25) is 11.0 Å². The van der Waals surface area contributed by atoms with Crippen molar-refractivity contribution in [2.24, 2.45) is 11.8 Å². The molecule has 2 rings (SSSR count). The average Bonchev–Trinajstić information content (AvgIpc) is 2.97. The summed E-state index contributed by atoms with van der Waals surface area (Å²) in [4.78, 5) is 25.1. The molecule has 26 heavy (non-hydrogen) atoms. The topological polar surface area (TPSA) is 84.0 Å². The first-order valence-corrected chi connectivity index (χ1v) is 9.58. The predicted octanol–water partition coefficient (Wildman–Crippen LogP) is 3.44. The standard InChI is InChI=1S/C19H26N4O2S/c1-11(2)9-15-22-23-19(26-15)21-18(25)16(12(3)4)20-17(24)14-8-6-7-13(5)10-14/h6-8,10-12,16H,9H2,1-5H3,(H,20,24)(H,21,23,25)/t16-/m0/s1. The van der Waals surface area contributed by atoms with Crippen molar-refractivity contribution in [3.05, 3.63) is 40.4 Å². The lowest BCUT2D eigenvalue weighted by Gasteiger charge is -2.21. The lowest BCUT2D eigenvalue weighted by atomic mass is 10.0. The zero-order valence-electron chi connectivity index (χ0n) is 15.9. The van der Waals surface area contributed by atoms with E-state index in [1.54, 1.807) is 12.1 Å². The van der Waals surface area contributed by atoms with Crippen LogP contribution < -0.4 is 10.6 Å². The second kappa shape index (κ2) is 8.89. The summed E-state index contributed by atoms with van der Waals surface area (Å²) in [6.45, 7) is 9.92. The zero-order valence-corrected chi connectivity index (χ0v) is 16.7. The normalized spacial score (nSPS) is 12.3. The minimum atomic E-state index is -0.652. The van der Waals surface area contributed by atoms with Crippen LogP contribution in [0.25, 0.3) is 0 Å². The second-order valence-corrected chi connectivity index (χ2v) is 8.21. The molecule has 1 atom stereocenters. The Morgan fingerprint density at radius 3 is 2.50 bits per heavy atom. The van der Waals surface area contributed by atoms with E-state index in [1.165, 1.54) is 11.3 Å². The minimum Gasteiger partial charge on any atom is -0.340 e. The average molecular weight is 375 g/mol. The number of nitrogens with zero attached hydrogens (tertiary/aromatic N) is 2. The van der Waals surface area contributed by atoms with Gasteiger partial charge in [0, 0.05) is 12.0 Å². The van der Waals surface area contributed by atoms with Crippen molar-refractivity contribution in [1.29, 1.82) is 0 Å². The predicted molar refractivity (Wildman–Crippen MR) is 104 cm³/mol. The molecule has 140 valence electrons. The van der Waals surface area contributed by atoms with Crippen LogP contribution in [-0.4, -0.2) is 28.1 Å². The number of benzene rings is 1. The number of carbonyl (C=O) groups is 2. The van der Waals surface area contributed by atoms with Gasteiger partial charge in [-0.15, -0.1) is 10.2 Å². The van der Waals surface area contributed by atoms with Crippen LogP contribution in [0.5, 0.6) is 0 Å². The summed E-state index contributed by atoms with van der Waals surface area (Å²) in [5, 5.41) is 15.1. The first kappa shape index (κ1) is 20.0. The van der Waals surface area contributed by atoms with Gasteiger partial charge in [-0.2, -0.15) is 0 Å². The Morgan fingerprint density at radius 2 is 1.88 bits per heavy atom. The molecule has 0 saturated heterocycles. The van der Waals surface area contributed by atoms with E-state index in [2.05, 4.69) is 34.7 Å². The van der Waals surface area contributed by atoms with Gasteiger partial charge < -0.3 is 5.32 Å². The van der Waals surface area contributed by atoms with Gasteiger partial charge >= 0.3 is 0 Å². The van der Waals surface area contributed by atoms with Crippen molar-refractivity contribution in [3.8, 4) is 0 Å². The van der Waals surface area contributed by atoms with E-state index in [-0.39, 0.29) is 17.7 Å². The number of anilines is 1. The van der Waals surface area contributed by atoms with Crippen molar-refractivity contribution >= 4 is 28.3 Å². The van der Waals surface area contributed by atoms with E-state index in [0.717, 1.165) is 17.0 Å². The summed E-state index contributed by atoms with van der Waals surface area (Å²) in [6.07, 6.45) is 0.825. The molecule has 6 nitrogen and oxygen atoms in total. The molecule has 2 amide bonds. The summed E-state index contributed by atoms with van der Waals surface area (Å²) in [5.74, 6) is -0.135. The van der Waals surface area contributed by atoms with Gasteiger partial charge in [0.05, 0.1) is 0 Å². The fourth-order valence-electron chi connectivity index (χ4n) is 2.46. The number of nitrogens with one attached hydrogen (secondary N) is 2. The number of amides is 2. The third kappa shape index (κ3) is 5.62. The van der Waals surface area contributed by atoms with E-state index < -0.39 is 6.04 Å². The largest absolute Gasteiger partial charge is 0.340 e. The van der Waals surface area contributed by atoms with Gasteiger partial charge in [-0.1, -0.05) is 56.7 Å². The molecule has 2 N–H and O–H groups in total. The molecule has 0 spiro atoms. The molecule has 1 aromatic heterocycles. The maximum absolute atomic E-state index is 12.6.